The molecule has 0 atom stereocenters. The van der Waals surface area contributed by atoms with Gasteiger partial charge >= 0.3 is 6.03 Å². The molecule has 1 fully saturated rings. The molecule has 206 valence electrons. The molecule has 3 aromatic carbocycles. The fraction of sp³-hybridized carbons (Fsp3) is 0.333. The maximum absolute atomic E-state index is 13.4. The van der Waals surface area contributed by atoms with E-state index in [0.717, 1.165) is 11.1 Å². The number of carbonyl (C=O) groups excluding carboxylic acids is 2. The maximum atomic E-state index is 13.4. The van der Waals surface area contributed by atoms with E-state index >= 15 is 0 Å². The molecule has 4 rings (SSSR count). The Labute approximate surface area is 228 Å². The Morgan fingerprint density at radius 3 is 2.28 bits per heavy atom. The minimum atomic E-state index is -0.307. The highest BCUT2D eigenvalue weighted by atomic mass is 19.1. The van der Waals surface area contributed by atoms with Crippen molar-refractivity contribution < 1.29 is 23.5 Å². The van der Waals surface area contributed by atoms with Gasteiger partial charge in [0.05, 0.1) is 19.8 Å². The molecule has 0 unspecified atom stereocenters. The number of piperazine rings is 1. The van der Waals surface area contributed by atoms with Crippen LogP contribution < -0.4 is 14.8 Å². The van der Waals surface area contributed by atoms with Crippen LogP contribution in [-0.4, -0.2) is 80.1 Å². The molecule has 0 spiro atoms. The van der Waals surface area contributed by atoms with Gasteiger partial charge in [-0.15, -0.1) is 0 Å². The number of ether oxygens (including phenoxy) is 2. The van der Waals surface area contributed by atoms with E-state index in [2.05, 4.69) is 10.2 Å². The van der Waals surface area contributed by atoms with Crippen molar-refractivity contribution in [1.29, 1.82) is 0 Å². The van der Waals surface area contributed by atoms with E-state index in [1.54, 1.807) is 42.3 Å². The predicted octanol–water partition coefficient (Wildman–Crippen LogP) is 4.01. The first kappa shape index (κ1) is 27.9. The molecule has 0 aliphatic carbocycles. The van der Waals surface area contributed by atoms with E-state index in [1.807, 2.05) is 35.2 Å². The lowest BCUT2D eigenvalue weighted by Crippen LogP contribution is -2.51. The van der Waals surface area contributed by atoms with Gasteiger partial charge in [-0.2, -0.15) is 0 Å². The molecule has 9 heteroatoms. The number of rotatable bonds is 10. The Bertz CT molecular complexity index is 1230. The van der Waals surface area contributed by atoms with Crippen LogP contribution in [0.5, 0.6) is 11.5 Å². The zero-order valence-corrected chi connectivity index (χ0v) is 22.4. The average Bonchev–Trinajstić information content (AvgIpc) is 2.99. The third-order valence-corrected chi connectivity index (χ3v) is 6.85. The molecule has 3 amide bonds. The van der Waals surface area contributed by atoms with Crippen LogP contribution in [0.25, 0.3) is 0 Å². The number of halogens is 1. The number of methoxy groups -OCH3 is 2. The van der Waals surface area contributed by atoms with E-state index < -0.39 is 0 Å². The Morgan fingerprint density at radius 1 is 0.897 bits per heavy atom. The Hall–Kier alpha value is -4.11. The monoisotopic (exact) mass is 534 g/mol. The van der Waals surface area contributed by atoms with Gasteiger partial charge in [0, 0.05) is 58.4 Å². The van der Waals surface area contributed by atoms with Crippen LogP contribution in [0.1, 0.15) is 21.5 Å². The van der Waals surface area contributed by atoms with Crippen molar-refractivity contribution in [3.8, 4) is 11.5 Å². The highest BCUT2D eigenvalue weighted by Gasteiger charge is 2.25. The number of urea groups is 1. The fourth-order valence-corrected chi connectivity index (χ4v) is 4.53. The highest BCUT2D eigenvalue weighted by Crippen LogP contribution is 2.26. The highest BCUT2D eigenvalue weighted by molar-refractivity contribution is 5.97. The number of amides is 3. The van der Waals surface area contributed by atoms with Gasteiger partial charge in [-0.1, -0.05) is 42.5 Å². The molecule has 1 saturated heterocycles. The van der Waals surface area contributed by atoms with Gasteiger partial charge in [-0.05, 0) is 35.4 Å². The van der Waals surface area contributed by atoms with E-state index in [9.17, 15) is 14.0 Å². The second-order valence-corrected chi connectivity index (χ2v) is 9.39. The third-order valence-electron chi connectivity index (χ3n) is 6.85. The number of carbonyl (C=O) groups is 2. The Morgan fingerprint density at radius 2 is 1.62 bits per heavy atom. The molecule has 0 saturated carbocycles. The molecule has 0 radical (unpaired) electrons. The lowest BCUT2D eigenvalue weighted by molar-refractivity contribution is 0.0624. The Balaban J connectivity index is 1.33. The van der Waals surface area contributed by atoms with Gasteiger partial charge in [0.25, 0.3) is 5.91 Å². The summed E-state index contributed by atoms with van der Waals surface area (Å²) in [5.41, 5.74) is 2.38. The normalized spacial score (nSPS) is 13.6. The summed E-state index contributed by atoms with van der Waals surface area (Å²) < 4.78 is 24.1. The lowest BCUT2D eigenvalue weighted by atomic mass is 10.1. The van der Waals surface area contributed by atoms with Gasteiger partial charge in [-0.25, -0.2) is 9.18 Å². The molecule has 3 aromatic rings. The molecule has 8 nitrogen and oxygen atoms in total. The summed E-state index contributed by atoms with van der Waals surface area (Å²) in [7, 11) is 3.11. The standard InChI is InChI=1S/C30H35FN4O4/c1-38-26-12-13-27(28(20-26)39-2)29(36)34-17-14-33(15-18-34)16-19-35(22-24-8-10-25(31)11-9-24)30(37)32-21-23-6-4-3-5-7-23/h3-13,20H,14-19,21-22H2,1-2H3,(H,32,37). The Kier molecular flexibility index (Phi) is 9.74. The zero-order valence-electron chi connectivity index (χ0n) is 22.4. The number of hydrogen-bond donors (Lipinski definition) is 1. The zero-order chi connectivity index (χ0) is 27.6. The minimum Gasteiger partial charge on any atom is -0.497 e. The van der Waals surface area contributed by atoms with Crippen LogP contribution in [0, 0.1) is 5.82 Å². The van der Waals surface area contributed by atoms with Crippen molar-refractivity contribution in [2.75, 3.05) is 53.5 Å². The van der Waals surface area contributed by atoms with E-state index in [4.69, 9.17) is 9.47 Å². The average molecular weight is 535 g/mol. The topological polar surface area (TPSA) is 74.4 Å². The molecule has 1 N–H and O–H groups in total. The summed E-state index contributed by atoms with van der Waals surface area (Å²) in [4.78, 5) is 32.1. The molecule has 0 bridgehead atoms. The smallest absolute Gasteiger partial charge is 0.318 e. The summed E-state index contributed by atoms with van der Waals surface area (Å²) >= 11 is 0. The van der Waals surface area contributed by atoms with Gasteiger partial charge in [0.15, 0.2) is 0 Å². The van der Waals surface area contributed by atoms with Crippen molar-refractivity contribution in [1.82, 2.24) is 20.0 Å². The van der Waals surface area contributed by atoms with Crippen LogP contribution in [0.4, 0.5) is 9.18 Å². The summed E-state index contributed by atoms with van der Waals surface area (Å²) in [5, 5.41) is 3.00. The SMILES string of the molecule is COc1ccc(C(=O)N2CCN(CCN(Cc3ccc(F)cc3)C(=O)NCc3ccccc3)CC2)c(OC)c1. The fourth-order valence-electron chi connectivity index (χ4n) is 4.53. The minimum absolute atomic E-state index is 0.0765. The van der Waals surface area contributed by atoms with Crippen LogP contribution in [-0.2, 0) is 13.1 Å². The second kappa shape index (κ2) is 13.6. The summed E-state index contributed by atoms with van der Waals surface area (Å²) in [5.74, 6) is 0.733. The summed E-state index contributed by atoms with van der Waals surface area (Å²) in [6.45, 7) is 4.50. The first-order valence-corrected chi connectivity index (χ1v) is 13.0. The van der Waals surface area contributed by atoms with Crippen LogP contribution in [0.2, 0.25) is 0 Å². The van der Waals surface area contributed by atoms with Gasteiger partial charge in [-0.3, -0.25) is 9.69 Å². The lowest BCUT2D eigenvalue weighted by Gasteiger charge is -2.36. The molecule has 1 aliphatic rings. The van der Waals surface area contributed by atoms with E-state index in [0.29, 0.717) is 69.4 Å². The molecular formula is C30H35FN4O4. The van der Waals surface area contributed by atoms with Crippen LogP contribution in [0.15, 0.2) is 72.8 Å². The molecular weight excluding hydrogens is 499 g/mol. The third kappa shape index (κ3) is 7.70. The quantitative estimate of drug-likeness (QED) is 0.426. The summed E-state index contributed by atoms with van der Waals surface area (Å²) in [6.07, 6.45) is 0. The van der Waals surface area contributed by atoms with E-state index in [-0.39, 0.29) is 17.8 Å². The number of nitrogens with zero attached hydrogens (tertiary/aromatic N) is 3. The predicted molar refractivity (Wildman–Crippen MR) is 147 cm³/mol. The first-order chi connectivity index (χ1) is 19.0. The van der Waals surface area contributed by atoms with Gasteiger partial charge in [0.2, 0.25) is 0 Å². The molecule has 1 heterocycles. The van der Waals surface area contributed by atoms with Gasteiger partial charge in [0.1, 0.15) is 17.3 Å². The van der Waals surface area contributed by atoms with Crippen molar-refractivity contribution in [2.45, 2.75) is 13.1 Å². The van der Waals surface area contributed by atoms with Crippen LogP contribution in [0.3, 0.4) is 0 Å². The second-order valence-electron chi connectivity index (χ2n) is 9.39. The number of nitrogens with one attached hydrogen (secondary N) is 1. The van der Waals surface area contributed by atoms with Crippen molar-refractivity contribution in [3.05, 3.63) is 95.3 Å². The van der Waals surface area contributed by atoms with Crippen molar-refractivity contribution >= 4 is 11.9 Å². The molecule has 39 heavy (non-hydrogen) atoms. The largest absolute Gasteiger partial charge is 0.497 e. The molecule has 0 aromatic heterocycles. The van der Waals surface area contributed by atoms with Crippen molar-refractivity contribution in [2.24, 2.45) is 0 Å². The molecule has 1 aliphatic heterocycles. The summed E-state index contributed by atoms with van der Waals surface area (Å²) in [6, 6.07) is 21.0. The van der Waals surface area contributed by atoms with Crippen LogP contribution >= 0.6 is 0 Å². The number of hydrogen-bond acceptors (Lipinski definition) is 5. The number of benzene rings is 3. The van der Waals surface area contributed by atoms with Gasteiger partial charge < -0.3 is 24.6 Å². The van der Waals surface area contributed by atoms with E-state index in [1.165, 1.54) is 19.2 Å². The van der Waals surface area contributed by atoms with Crippen molar-refractivity contribution in [3.63, 3.8) is 0 Å². The maximum Gasteiger partial charge on any atom is 0.318 e. The first-order valence-electron chi connectivity index (χ1n) is 13.0.